The van der Waals surface area contributed by atoms with Gasteiger partial charge in [-0.3, -0.25) is 4.79 Å². The fourth-order valence-electron chi connectivity index (χ4n) is 3.49. The maximum absolute atomic E-state index is 11.1. The Bertz CT molecular complexity index is 1150. The van der Waals surface area contributed by atoms with Crippen molar-refractivity contribution in [3.8, 4) is 23.1 Å². The van der Waals surface area contributed by atoms with Crippen molar-refractivity contribution in [2.75, 3.05) is 18.5 Å². The van der Waals surface area contributed by atoms with Crippen molar-refractivity contribution in [1.82, 2.24) is 15.3 Å². The lowest BCUT2D eigenvalue weighted by atomic mass is 10.1. The molecule has 3 aromatic rings. The lowest BCUT2D eigenvalue weighted by Crippen LogP contribution is -2.26. The minimum atomic E-state index is -0.0647. The molecular weight excluding hydrogens is 418 g/mol. The Balaban J connectivity index is 1.47. The van der Waals surface area contributed by atoms with Crippen LogP contribution >= 0.6 is 0 Å². The molecule has 8 nitrogen and oxygen atoms in total. The fraction of sp³-hybridized carbons (Fsp3) is 0.280. The molecule has 4 rings (SSSR count). The smallest absolute Gasteiger partial charge is 0.227 e. The normalized spacial score (nSPS) is 13.7. The second kappa shape index (κ2) is 10.6. The number of nitrogens with one attached hydrogen (secondary N) is 2. The molecule has 1 aliphatic heterocycles. The minimum absolute atomic E-state index is 0.0647. The Labute approximate surface area is 192 Å². The molecule has 0 spiro atoms. The van der Waals surface area contributed by atoms with Crippen molar-refractivity contribution < 1.29 is 14.3 Å². The van der Waals surface area contributed by atoms with Gasteiger partial charge in [0.2, 0.25) is 11.9 Å². The molecule has 1 amide bonds. The first-order valence-electron chi connectivity index (χ1n) is 10.8. The van der Waals surface area contributed by atoms with Crippen LogP contribution < -0.4 is 15.4 Å². The van der Waals surface area contributed by atoms with E-state index in [1.807, 2.05) is 36.4 Å². The van der Waals surface area contributed by atoms with Crippen molar-refractivity contribution >= 4 is 17.5 Å². The lowest BCUT2D eigenvalue weighted by molar-refractivity contribution is -0.119. The van der Waals surface area contributed by atoms with Crippen molar-refractivity contribution in [3.05, 3.63) is 65.9 Å². The van der Waals surface area contributed by atoms with Gasteiger partial charge in [0.05, 0.1) is 24.5 Å². The summed E-state index contributed by atoms with van der Waals surface area (Å²) in [5.41, 5.74) is 3.81. The van der Waals surface area contributed by atoms with Crippen LogP contribution in [0.15, 0.2) is 54.7 Å². The average molecular weight is 444 g/mol. The fourth-order valence-corrected chi connectivity index (χ4v) is 3.49. The standard InChI is InChI=1S/C25H25N5O3/c1-17(31)28-16-18-2-5-21(6-3-18)29-25-27-11-8-23(30-25)19-4-7-24(20(14-19)15-26)33-22-9-12-32-13-10-22/h2-8,11,14,22H,9-10,12-13,16H2,1H3,(H,28,31)(H,27,29,30). The second-order valence-corrected chi connectivity index (χ2v) is 7.75. The van der Waals surface area contributed by atoms with Gasteiger partial charge in [-0.05, 0) is 42.0 Å². The zero-order valence-corrected chi connectivity index (χ0v) is 18.4. The Hall–Kier alpha value is -3.96. The van der Waals surface area contributed by atoms with E-state index in [-0.39, 0.29) is 12.0 Å². The van der Waals surface area contributed by atoms with Crippen LogP contribution in [-0.4, -0.2) is 35.2 Å². The zero-order chi connectivity index (χ0) is 23.0. The summed E-state index contributed by atoms with van der Waals surface area (Å²) in [5, 5.41) is 15.6. The SMILES string of the molecule is CC(=O)NCc1ccc(Nc2nccc(-c3ccc(OC4CCOCC4)c(C#N)c3)n2)cc1. The Kier molecular flexibility index (Phi) is 7.12. The first kappa shape index (κ1) is 22.2. The number of carbonyl (C=O) groups is 1. The van der Waals surface area contributed by atoms with E-state index in [0.29, 0.717) is 42.7 Å². The quantitative estimate of drug-likeness (QED) is 0.569. The van der Waals surface area contributed by atoms with Crippen molar-refractivity contribution in [2.45, 2.75) is 32.4 Å². The summed E-state index contributed by atoms with van der Waals surface area (Å²) in [6.45, 7) is 3.34. The average Bonchev–Trinajstić information content (AvgIpc) is 2.84. The molecule has 1 aromatic heterocycles. The zero-order valence-electron chi connectivity index (χ0n) is 18.4. The number of nitriles is 1. The van der Waals surface area contributed by atoms with Gasteiger partial charge in [-0.1, -0.05) is 12.1 Å². The van der Waals surface area contributed by atoms with Crippen LogP contribution in [0.4, 0.5) is 11.6 Å². The molecule has 0 bridgehead atoms. The molecule has 2 aromatic carbocycles. The molecule has 33 heavy (non-hydrogen) atoms. The van der Waals surface area contributed by atoms with Crippen LogP contribution in [0.1, 0.15) is 30.9 Å². The molecule has 168 valence electrons. The minimum Gasteiger partial charge on any atom is -0.489 e. The van der Waals surface area contributed by atoms with Gasteiger partial charge in [-0.25, -0.2) is 9.97 Å². The highest BCUT2D eigenvalue weighted by molar-refractivity contribution is 5.72. The van der Waals surface area contributed by atoms with E-state index in [2.05, 4.69) is 26.7 Å². The van der Waals surface area contributed by atoms with Gasteiger partial charge in [0.25, 0.3) is 0 Å². The summed E-state index contributed by atoms with van der Waals surface area (Å²) in [4.78, 5) is 19.9. The van der Waals surface area contributed by atoms with Gasteiger partial charge in [0, 0.05) is 43.8 Å². The highest BCUT2D eigenvalue weighted by Crippen LogP contribution is 2.28. The Morgan fingerprint density at radius 1 is 1.18 bits per heavy atom. The third kappa shape index (κ3) is 6.05. The van der Waals surface area contributed by atoms with Gasteiger partial charge >= 0.3 is 0 Å². The highest BCUT2D eigenvalue weighted by atomic mass is 16.5. The predicted octanol–water partition coefficient (Wildman–Crippen LogP) is 3.95. The van der Waals surface area contributed by atoms with E-state index in [1.54, 1.807) is 18.3 Å². The van der Waals surface area contributed by atoms with Crippen LogP contribution in [0.2, 0.25) is 0 Å². The molecule has 0 aliphatic carbocycles. The van der Waals surface area contributed by atoms with Crippen molar-refractivity contribution in [2.24, 2.45) is 0 Å². The number of amides is 1. The first-order valence-corrected chi connectivity index (χ1v) is 10.8. The number of nitrogens with zero attached hydrogens (tertiary/aromatic N) is 3. The lowest BCUT2D eigenvalue weighted by Gasteiger charge is -2.23. The number of rotatable bonds is 7. The number of ether oxygens (including phenoxy) is 2. The summed E-state index contributed by atoms with van der Waals surface area (Å²) in [6, 6.07) is 17.2. The van der Waals surface area contributed by atoms with Crippen molar-refractivity contribution in [1.29, 1.82) is 5.26 Å². The second-order valence-electron chi connectivity index (χ2n) is 7.75. The number of benzene rings is 2. The molecule has 8 heteroatoms. The summed E-state index contributed by atoms with van der Waals surface area (Å²) in [7, 11) is 0. The van der Waals surface area contributed by atoms with Crippen LogP contribution in [0.25, 0.3) is 11.3 Å². The van der Waals surface area contributed by atoms with Crippen molar-refractivity contribution in [3.63, 3.8) is 0 Å². The largest absolute Gasteiger partial charge is 0.489 e. The first-order chi connectivity index (χ1) is 16.1. The number of hydrogen-bond acceptors (Lipinski definition) is 7. The summed E-state index contributed by atoms with van der Waals surface area (Å²) in [5.74, 6) is 0.966. The third-order valence-electron chi connectivity index (χ3n) is 5.26. The summed E-state index contributed by atoms with van der Waals surface area (Å²) in [6.07, 6.45) is 3.38. The van der Waals surface area contributed by atoms with Gasteiger partial charge < -0.3 is 20.1 Å². The Morgan fingerprint density at radius 3 is 2.70 bits per heavy atom. The maximum Gasteiger partial charge on any atom is 0.227 e. The molecule has 0 saturated carbocycles. The molecule has 1 saturated heterocycles. The number of hydrogen-bond donors (Lipinski definition) is 2. The van der Waals surface area contributed by atoms with Gasteiger partial charge in [-0.15, -0.1) is 0 Å². The maximum atomic E-state index is 11.1. The summed E-state index contributed by atoms with van der Waals surface area (Å²) >= 11 is 0. The van der Waals surface area contributed by atoms with E-state index in [1.165, 1.54) is 6.92 Å². The van der Waals surface area contributed by atoms with E-state index >= 15 is 0 Å². The molecule has 1 fully saturated rings. The topological polar surface area (TPSA) is 109 Å². The van der Waals surface area contributed by atoms with Gasteiger partial charge in [0.1, 0.15) is 17.9 Å². The monoisotopic (exact) mass is 443 g/mol. The van der Waals surface area contributed by atoms with Gasteiger partial charge in [-0.2, -0.15) is 5.26 Å². The van der Waals surface area contributed by atoms with Crippen LogP contribution in [-0.2, 0) is 16.1 Å². The van der Waals surface area contributed by atoms with Crippen LogP contribution in [0, 0.1) is 11.3 Å². The summed E-state index contributed by atoms with van der Waals surface area (Å²) < 4.78 is 11.4. The van der Waals surface area contributed by atoms with E-state index in [4.69, 9.17) is 9.47 Å². The van der Waals surface area contributed by atoms with E-state index < -0.39 is 0 Å². The molecule has 2 N–H and O–H groups in total. The number of aromatic nitrogens is 2. The van der Waals surface area contributed by atoms with E-state index in [0.717, 1.165) is 29.7 Å². The third-order valence-corrected chi connectivity index (χ3v) is 5.26. The highest BCUT2D eigenvalue weighted by Gasteiger charge is 2.17. The number of anilines is 2. The molecule has 0 radical (unpaired) electrons. The predicted molar refractivity (Wildman–Crippen MR) is 124 cm³/mol. The Morgan fingerprint density at radius 2 is 1.97 bits per heavy atom. The van der Waals surface area contributed by atoms with Gasteiger partial charge in [0.15, 0.2) is 0 Å². The molecular formula is C25H25N5O3. The van der Waals surface area contributed by atoms with E-state index in [9.17, 15) is 10.1 Å². The molecule has 1 aliphatic rings. The van der Waals surface area contributed by atoms with Crippen LogP contribution in [0.5, 0.6) is 5.75 Å². The molecule has 0 unspecified atom stereocenters. The molecule has 2 heterocycles. The van der Waals surface area contributed by atoms with Crippen LogP contribution in [0.3, 0.4) is 0 Å². The number of carbonyl (C=O) groups excluding carboxylic acids is 1. The molecule has 0 atom stereocenters.